The van der Waals surface area contributed by atoms with Crippen LogP contribution < -0.4 is 4.90 Å². The molecule has 1 saturated carbocycles. The Balaban J connectivity index is 2.21. The third-order valence-electron chi connectivity index (χ3n) is 2.51. The molecule has 0 N–H and O–H groups in total. The minimum atomic E-state index is -0.419. The molecule has 1 aliphatic rings. The Hall–Kier alpha value is -1.34. The molecule has 1 aliphatic carbocycles. The second-order valence-electron chi connectivity index (χ2n) is 3.79. The predicted molar refractivity (Wildman–Crippen MR) is 59.8 cm³/mol. The number of hydrogen-bond acceptors (Lipinski definition) is 3. The number of anilines is 1. The van der Waals surface area contributed by atoms with Crippen molar-refractivity contribution < 1.29 is 4.39 Å². The predicted octanol–water partition coefficient (Wildman–Crippen LogP) is 2.76. The van der Waals surface area contributed by atoms with E-state index < -0.39 is 5.82 Å². The fourth-order valence-electron chi connectivity index (χ4n) is 1.64. The number of nitriles is 1. The Kier molecular flexibility index (Phi) is 3.25. The highest BCUT2D eigenvalue weighted by molar-refractivity contribution is 6.30. The van der Waals surface area contributed by atoms with Crippen molar-refractivity contribution in [3.8, 4) is 6.07 Å². The number of halogens is 2. The van der Waals surface area contributed by atoms with Crippen LogP contribution in [0.25, 0.3) is 0 Å². The number of nitrogens with zero attached hydrogens (tertiary/aromatic N) is 3. The van der Waals surface area contributed by atoms with Gasteiger partial charge in [-0.25, -0.2) is 9.37 Å². The maximum Gasteiger partial charge on any atom is 0.167 e. The molecule has 0 aromatic carbocycles. The standard InChI is InChI=1S/C11H11ClFN3/c12-8-6-10(13)11(15-7-8)16(5-1-4-14)9-2-3-9/h6-7,9H,1-3,5H2. The maximum atomic E-state index is 13.6. The normalized spacial score (nSPS) is 14.6. The van der Waals surface area contributed by atoms with Gasteiger partial charge in [0.1, 0.15) is 0 Å². The first-order chi connectivity index (χ1) is 7.72. The van der Waals surface area contributed by atoms with Crippen molar-refractivity contribution >= 4 is 17.4 Å². The first-order valence-corrected chi connectivity index (χ1v) is 5.55. The zero-order valence-electron chi connectivity index (χ0n) is 8.66. The number of aromatic nitrogens is 1. The molecule has 1 aromatic heterocycles. The lowest BCUT2D eigenvalue weighted by atomic mass is 10.3. The smallest absolute Gasteiger partial charge is 0.167 e. The summed E-state index contributed by atoms with van der Waals surface area (Å²) in [5.74, 6) is -0.112. The Morgan fingerprint density at radius 2 is 2.38 bits per heavy atom. The van der Waals surface area contributed by atoms with Crippen molar-refractivity contribution in [2.75, 3.05) is 11.4 Å². The van der Waals surface area contributed by atoms with E-state index >= 15 is 0 Å². The van der Waals surface area contributed by atoms with E-state index in [1.165, 1.54) is 12.3 Å². The van der Waals surface area contributed by atoms with E-state index in [4.69, 9.17) is 16.9 Å². The third kappa shape index (κ3) is 2.42. The average molecular weight is 240 g/mol. The van der Waals surface area contributed by atoms with E-state index in [0.717, 1.165) is 12.8 Å². The molecule has 16 heavy (non-hydrogen) atoms. The Morgan fingerprint density at radius 1 is 1.62 bits per heavy atom. The zero-order valence-corrected chi connectivity index (χ0v) is 9.41. The van der Waals surface area contributed by atoms with Crippen LogP contribution in [-0.4, -0.2) is 17.6 Å². The Labute approximate surface area is 98.5 Å². The van der Waals surface area contributed by atoms with Gasteiger partial charge in [0, 0.05) is 18.8 Å². The summed E-state index contributed by atoms with van der Waals surface area (Å²) in [6.07, 6.45) is 3.88. The minimum Gasteiger partial charge on any atom is -0.350 e. The number of pyridine rings is 1. The minimum absolute atomic E-state index is 0.289. The van der Waals surface area contributed by atoms with Crippen LogP contribution >= 0.6 is 11.6 Å². The van der Waals surface area contributed by atoms with Gasteiger partial charge in [0.15, 0.2) is 11.6 Å². The first kappa shape index (κ1) is 11.2. The fourth-order valence-corrected chi connectivity index (χ4v) is 1.78. The molecule has 0 unspecified atom stereocenters. The van der Waals surface area contributed by atoms with Gasteiger partial charge in [-0.3, -0.25) is 0 Å². The Bertz CT molecular complexity index is 426. The highest BCUT2D eigenvalue weighted by Crippen LogP contribution is 2.32. The summed E-state index contributed by atoms with van der Waals surface area (Å²) in [6, 6.07) is 3.65. The van der Waals surface area contributed by atoms with Crippen molar-refractivity contribution in [3.63, 3.8) is 0 Å². The quantitative estimate of drug-likeness (QED) is 0.811. The monoisotopic (exact) mass is 239 g/mol. The zero-order chi connectivity index (χ0) is 11.5. The summed E-state index contributed by atoms with van der Waals surface area (Å²) in [5.41, 5.74) is 0. The van der Waals surface area contributed by atoms with E-state index in [0.29, 0.717) is 24.8 Å². The lowest BCUT2D eigenvalue weighted by Gasteiger charge is -2.22. The molecule has 1 aromatic rings. The van der Waals surface area contributed by atoms with Crippen molar-refractivity contribution in [1.82, 2.24) is 4.98 Å². The fraction of sp³-hybridized carbons (Fsp3) is 0.455. The highest BCUT2D eigenvalue weighted by atomic mass is 35.5. The summed E-state index contributed by atoms with van der Waals surface area (Å²) < 4.78 is 13.6. The molecule has 0 atom stereocenters. The molecule has 1 heterocycles. The number of hydrogen-bond donors (Lipinski definition) is 0. The van der Waals surface area contributed by atoms with E-state index in [1.54, 1.807) is 0 Å². The van der Waals surface area contributed by atoms with Gasteiger partial charge in [-0.1, -0.05) is 11.6 Å². The van der Waals surface area contributed by atoms with Gasteiger partial charge in [0.2, 0.25) is 0 Å². The van der Waals surface area contributed by atoms with E-state index in [9.17, 15) is 4.39 Å². The van der Waals surface area contributed by atoms with Crippen molar-refractivity contribution in [3.05, 3.63) is 23.1 Å². The Morgan fingerprint density at radius 3 is 2.94 bits per heavy atom. The van der Waals surface area contributed by atoms with Crippen LogP contribution in [0, 0.1) is 17.1 Å². The van der Waals surface area contributed by atoms with Gasteiger partial charge in [-0.15, -0.1) is 0 Å². The van der Waals surface area contributed by atoms with Gasteiger partial charge in [-0.2, -0.15) is 5.26 Å². The SMILES string of the molecule is N#CCCN(c1ncc(Cl)cc1F)C1CC1. The van der Waals surface area contributed by atoms with Gasteiger partial charge in [0.05, 0.1) is 17.5 Å². The molecular weight excluding hydrogens is 229 g/mol. The van der Waals surface area contributed by atoms with Crippen molar-refractivity contribution in [1.29, 1.82) is 5.26 Å². The summed E-state index contributed by atoms with van der Waals surface area (Å²) in [5, 5.41) is 8.85. The molecular formula is C11H11ClFN3. The summed E-state index contributed by atoms with van der Waals surface area (Å²) in [6.45, 7) is 0.521. The summed E-state index contributed by atoms with van der Waals surface area (Å²) in [4.78, 5) is 5.86. The van der Waals surface area contributed by atoms with Crippen LogP contribution in [0.5, 0.6) is 0 Å². The second kappa shape index (κ2) is 4.67. The maximum absolute atomic E-state index is 13.6. The lowest BCUT2D eigenvalue weighted by molar-refractivity contribution is 0.607. The van der Waals surface area contributed by atoms with Gasteiger partial charge in [-0.05, 0) is 18.9 Å². The van der Waals surface area contributed by atoms with Crippen LogP contribution in [0.3, 0.4) is 0 Å². The molecule has 2 rings (SSSR count). The lowest BCUT2D eigenvalue weighted by Crippen LogP contribution is -2.28. The molecule has 0 aliphatic heterocycles. The van der Waals surface area contributed by atoms with E-state index in [1.807, 2.05) is 4.90 Å². The third-order valence-corrected chi connectivity index (χ3v) is 2.72. The van der Waals surface area contributed by atoms with Crippen LogP contribution in [0.1, 0.15) is 19.3 Å². The second-order valence-corrected chi connectivity index (χ2v) is 4.23. The van der Waals surface area contributed by atoms with Crippen LogP contribution in [0.15, 0.2) is 12.3 Å². The summed E-state index contributed by atoms with van der Waals surface area (Å²) in [7, 11) is 0. The van der Waals surface area contributed by atoms with E-state index in [-0.39, 0.29) is 5.02 Å². The average Bonchev–Trinajstić information content (AvgIpc) is 3.05. The van der Waals surface area contributed by atoms with Crippen LogP contribution in [-0.2, 0) is 0 Å². The highest BCUT2D eigenvalue weighted by Gasteiger charge is 2.31. The first-order valence-electron chi connectivity index (χ1n) is 5.17. The largest absolute Gasteiger partial charge is 0.350 e. The molecule has 0 amide bonds. The molecule has 0 radical (unpaired) electrons. The van der Waals surface area contributed by atoms with Crippen LogP contribution in [0.2, 0.25) is 5.02 Å². The molecule has 84 valence electrons. The molecule has 0 bridgehead atoms. The van der Waals surface area contributed by atoms with Crippen molar-refractivity contribution in [2.45, 2.75) is 25.3 Å². The van der Waals surface area contributed by atoms with Gasteiger partial charge >= 0.3 is 0 Å². The molecule has 0 saturated heterocycles. The summed E-state index contributed by atoms with van der Waals surface area (Å²) >= 11 is 5.65. The number of rotatable bonds is 4. The molecule has 0 spiro atoms. The van der Waals surface area contributed by atoms with Gasteiger partial charge < -0.3 is 4.90 Å². The van der Waals surface area contributed by atoms with Gasteiger partial charge in [0.25, 0.3) is 0 Å². The molecule has 3 nitrogen and oxygen atoms in total. The van der Waals surface area contributed by atoms with Crippen molar-refractivity contribution in [2.24, 2.45) is 0 Å². The topological polar surface area (TPSA) is 39.9 Å². The van der Waals surface area contributed by atoms with E-state index in [2.05, 4.69) is 11.1 Å². The molecule has 1 fully saturated rings. The molecule has 5 heteroatoms. The van der Waals surface area contributed by atoms with Crippen LogP contribution in [0.4, 0.5) is 10.2 Å².